The molecule has 106 valence electrons. The highest BCUT2D eigenvalue weighted by Crippen LogP contribution is 2.28. The van der Waals surface area contributed by atoms with Gasteiger partial charge in [-0.15, -0.1) is 0 Å². The number of aliphatic hydroxyl groups is 1. The standard InChI is InChI=1S/C15H21F2NO/c1-15(10-19,18-11-6-3-2-4-7-11)12-8-5-9-13(16)14(12)17/h5,8-9,11,18-19H,2-4,6-7,10H2,1H3. The fourth-order valence-corrected chi connectivity index (χ4v) is 2.84. The van der Waals surface area contributed by atoms with Gasteiger partial charge in [-0.1, -0.05) is 31.4 Å². The Kier molecular flexibility index (Phi) is 4.53. The lowest BCUT2D eigenvalue weighted by molar-refractivity contribution is 0.146. The molecule has 2 rings (SSSR count). The number of nitrogens with one attached hydrogen (secondary N) is 1. The normalized spacial score (nSPS) is 20.2. The number of hydrogen-bond acceptors (Lipinski definition) is 2. The Bertz CT molecular complexity index is 432. The van der Waals surface area contributed by atoms with E-state index in [-0.39, 0.29) is 18.2 Å². The lowest BCUT2D eigenvalue weighted by Crippen LogP contribution is -2.49. The predicted molar refractivity (Wildman–Crippen MR) is 70.8 cm³/mol. The van der Waals surface area contributed by atoms with Gasteiger partial charge in [0.05, 0.1) is 12.1 Å². The van der Waals surface area contributed by atoms with E-state index in [0.717, 1.165) is 31.7 Å². The molecule has 1 saturated carbocycles. The molecule has 1 aliphatic carbocycles. The van der Waals surface area contributed by atoms with Gasteiger partial charge in [0, 0.05) is 11.6 Å². The van der Waals surface area contributed by atoms with Gasteiger partial charge in [-0.05, 0) is 25.8 Å². The van der Waals surface area contributed by atoms with Crippen molar-refractivity contribution in [3.05, 3.63) is 35.4 Å². The van der Waals surface area contributed by atoms with Crippen LogP contribution in [0.25, 0.3) is 0 Å². The van der Waals surface area contributed by atoms with Crippen molar-refractivity contribution in [2.45, 2.75) is 50.6 Å². The van der Waals surface area contributed by atoms with E-state index in [1.54, 1.807) is 6.92 Å². The zero-order chi connectivity index (χ0) is 13.9. The van der Waals surface area contributed by atoms with Crippen LogP contribution in [0.1, 0.15) is 44.6 Å². The van der Waals surface area contributed by atoms with Crippen LogP contribution in [0.4, 0.5) is 8.78 Å². The summed E-state index contributed by atoms with van der Waals surface area (Å²) in [7, 11) is 0. The maximum absolute atomic E-state index is 13.9. The molecule has 1 aromatic rings. The van der Waals surface area contributed by atoms with Crippen LogP contribution in [0.5, 0.6) is 0 Å². The molecule has 1 aliphatic rings. The second kappa shape index (κ2) is 5.97. The first-order valence-corrected chi connectivity index (χ1v) is 6.90. The van der Waals surface area contributed by atoms with Crippen molar-refractivity contribution in [1.82, 2.24) is 5.32 Å². The van der Waals surface area contributed by atoms with Crippen molar-refractivity contribution in [1.29, 1.82) is 0 Å². The Hall–Kier alpha value is -1.00. The van der Waals surface area contributed by atoms with E-state index in [1.165, 1.54) is 18.6 Å². The highest BCUT2D eigenvalue weighted by Gasteiger charge is 2.32. The first-order chi connectivity index (χ1) is 9.07. The van der Waals surface area contributed by atoms with Crippen molar-refractivity contribution in [3.63, 3.8) is 0 Å². The first-order valence-electron chi connectivity index (χ1n) is 6.90. The Morgan fingerprint density at radius 2 is 1.95 bits per heavy atom. The molecule has 1 unspecified atom stereocenters. The van der Waals surface area contributed by atoms with E-state index in [9.17, 15) is 13.9 Å². The third-order valence-corrected chi connectivity index (χ3v) is 3.99. The van der Waals surface area contributed by atoms with Crippen LogP contribution in [-0.2, 0) is 5.54 Å². The van der Waals surface area contributed by atoms with E-state index >= 15 is 0 Å². The summed E-state index contributed by atoms with van der Waals surface area (Å²) in [6.45, 7) is 1.46. The zero-order valence-corrected chi connectivity index (χ0v) is 11.3. The molecule has 0 spiro atoms. The molecule has 0 radical (unpaired) electrons. The number of benzene rings is 1. The van der Waals surface area contributed by atoms with E-state index in [4.69, 9.17) is 0 Å². The Labute approximate surface area is 112 Å². The molecule has 1 atom stereocenters. The van der Waals surface area contributed by atoms with Gasteiger partial charge in [-0.25, -0.2) is 8.78 Å². The average molecular weight is 269 g/mol. The van der Waals surface area contributed by atoms with Gasteiger partial charge >= 0.3 is 0 Å². The number of hydrogen-bond donors (Lipinski definition) is 2. The summed E-state index contributed by atoms with van der Waals surface area (Å²) in [6.07, 6.45) is 5.55. The minimum absolute atomic E-state index is 0.195. The van der Waals surface area contributed by atoms with Gasteiger partial charge in [0.1, 0.15) is 0 Å². The van der Waals surface area contributed by atoms with Crippen molar-refractivity contribution in [2.75, 3.05) is 6.61 Å². The molecule has 19 heavy (non-hydrogen) atoms. The van der Waals surface area contributed by atoms with Crippen LogP contribution in [0, 0.1) is 11.6 Å². The lowest BCUT2D eigenvalue weighted by atomic mass is 9.87. The largest absolute Gasteiger partial charge is 0.394 e. The quantitative estimate of drug-likeness (QED) is 0.880. The maximum atomic E-state index is 13.9. The van der Waals surface area contributed by atoms with Crippen LogP contribution in [0.3, 0.4) is 0 Å². The molecule has 2 nitrogen and oxygen atoms in total. The summed E-state index contributed by atoms with van der Waals surface area (Å²) in [5.41, 5.74) is -0.741. The van der Waals surface area contributed by atoms with Crippen molar-refractivity contribution in [2.24, 2.45) is 0 Å². The van der Waals surface area contributed by atoms with E-state index in [1.807, 2.05) is 0 Å². The molecule has 2 N–H and O–H groups in total. The fourth-order valence-electron chi connectivity index (χ4n) is 2.84. The Morgan fingerprint density at radius 3 is 2.58 bits per heavy atom. The summed E-state index contributed by atoms with van der Waals surface area (Å²) in [5.74, 6) is -1.75. The van der Waals surface area contributed by atoms with Crippen molar-refractivity contribution >= 4 is 0 Å². The number of rotatable bonds is 4. The van der Waals surface area contributed by atoms with Crippen LogP contribution in [-0.4, -0.2) is 17.8 Å². The highest BCUT2D eigenvalue weighted by molar-refractivity contribution is 5.27. The van der Waals surface area contributed by atoms with Crippen LogP contribution >= 0.6 is 0 Å². The summed E-state index contributed by atoms with van der Waals surface area (Å²) in [4.78, 5) is 0. The van der Waals surface area contributed by atoms with Crippen LogP contribution in [0.2, 0.25) is 0 Å². The molecule has 0 heterocycles. The van der Waals surface area contributed by atoms with Gasteiger partial charge in [0.25, 0.3) is 0 Å². The van der Waals surface area contributed by atoms with Gasteiger partial charge in [0.15, 0.2) is 11.6 Å². The van der Waals surface area contributed by atoms with Crippen molar-refractivity contribution in [3.8, 4) is 0 Å². The summed E-state index contributed by atoms with van der Waals surface area (Å²) >= 11 is 0. The third-order valence-electron chi connectivity index (χ3n) is 3.99. The van der Waals surface area contributed by atoms with Gasteiger partial charge < -0.3 is 10.4 Å². The first kappa shape index (κ1) is 14.4. The Morgan fingerprint density at radius 1 is 1.26 bits per heavy atom. The molecule has 0 aliphatic heterocycles. The molecule has 0 amide bonds. The minimum Gasteiger partial charge on any atom is -0.394 e. The molecular weight excluding hydrogens is 248 g/mol. The molecule has 1 fully saturated rings. The summed E-state index contributed by atoms with van der Waals surface area (Å²) in [6, 6.07) is 4.36. The SMILES string of the molecule is CC(CO)(NC1CCCCC1)c1cccc(F)c1F. The summed E-state index contributed by atoms with van der Waals surface area (Å²) < 4.78 is 27.3. The highest BCUT2D eigenvalue weighted by atomic mass is 19.2. The average Bonchev–Trinajstić information content (AvgIpc) is 2.43. The predicted octanol–water partition coefficient (Wildman–Crippen LogP) is 3.09. The topological polar surface area (TPSA) is 32.3 Å². The van der Waals surface area contributed by atoms with E-state index in [0.29, 0.717) is 0 Å². The molecular formula is C15H21F2NO. The molecule has 4 heteroatoms. The lowest BCUT2D eigenvalue weighted by Gasteiger charge is -2.36. The van der Waals surface area contributed by atoms with Crippen LogP contribution < -0.4 is 5.32 Å². The van der Waals surface area contributed by atoms with Crippen LogP contribution in [0.15, 0.2) is 18.2 Å². The zero-order valence-electron chi connectivity index (χ0n) is 11.3. The van der Waals surface area contributed by atoms with E-state index in [2.05, 4.69) is 5.32 Å². The van der Waals surface area contributed by atoms with Gasteiger partial charge in [0.2, 0.25) is 0 Å². The maximum Gasteiger partial charge on any atom is 0.163 e. The molecule has 0 saturated heterocycles. The monoisotopic (exact) mass is 269 g/mol. The molecule has 1 aromatic carbocycles. The number of aliphatic hydroxyl groups excluding tert-OH is 1. The minimum atomic E-state index is -0.936. The number of halogens is 2. The molecule has 0 aromatic heterocycles. The van der Waals surface area contributed by atoms with Gasteiger partial charge in [-0.3, -0.25) is 0 Å². The smallest absolute Gasteiger partial charge is 0.163 e. The molecule has 0 bridgehead atoms. The van der Waals surface area contributed by atoms with Crippen molar-refractivity contribution < 1.29 is 13.9 Å². The summed E-state index contributed by atoms with van der Waals surface area (Å²) in [5, 5.41) is 12.9. The second-order valence-corrected chi connectivity index (χ2v) is 5.57. The fraction of sp³-hybridized carbons (Fsp3) is 0.600. The second-order valence-electron chi connectivity index (χ2n) is 5.57. The Balaban J connectivity index is 2.23. The third kappa shape index (κ3) is 3.12. The van der Waals surface area contributed by atoms with Gasteiger partial charge in [-0.2, -0.15) is 0 Å². The van der Waals surface area contributed by atoms with E-state index < -0.39 is 17.2 Å².